The number of rotatable bonds is 6. The van der Waals surface area contributed by atoms with E-state index in [1.807, 2.05) is 6.07 Å². The van der Waals surface area contributed by atoms with Crippen molar-refractivity contribution in [3.8, 4) is 5.75 Å². The number of benzene rings is 2. The van der Waals surface area contributed by atoms with Crippen molar-refractivity contribution in [1.82, 2.24) is 9.97 Å². The molecule has 33 heavy (non-hydrogen) atoms. The molecule has 0 unspecified atom stereocenters. The Kier molecular flexibility index (Phi) is 6.09. The number of hydrogen-bond acceptors (Lipinski definition) is 4. The fourth-order valence-electron chi connectivity index (χ4n) is 3.75. The second kappa shape index (κ2) is 8.97. The van der Waals surface area contributed by atoms with E-state index in [0.29, 0.717) is 11.1 Å². The van der Waals surface area contributed by atoms with E-state index in [-0.39, 0.29) is 23.4 Å². The van der Waals surface area contributed by atoms with Crippen molar-refractivity contribution in [3.63, 3.8) is 0 Å². The molecule has 4 aromatic rings. The van der Waals surface area contributed by atoms with E-state index >= 15 is 0 Å². The topological polar surface area (TPSA) is 52.1 Å². The number of Topliss-reactive ketones (excluding diaryl/α,β-unsaturated/α-hetero) is 1. The maximum absolute atomic E-state index is 14.4. The molecule has 0 N–H and O–H groups in total. The number of hydrogen-bond donors (Lipinski definition) is 0. The lowest BCUT2D eigenvalue weighted by atomic mass is 9.86. The predicted molar refractivity (Wildman–Crippen MR) is 115 cm³/mol. The first-order valence-electron chi connectivity index (χ1n) is 10.0. The van der Waals surface area contributed by atoms with Crippen LogP contribution >= 0.6 is 0 Å². The van der Waals surface area contributed by atoms with E-state index in [1.165, 1.54) is 31.5 Å². The van der Waals surface area contributed by atoms with E-state index < -0.39 is 29.3 Å². The summed E-state index contributed by atoms with van der Waals surface area (Å²) in [5, 5.41) is 0.826. The third-order valence-electron chi connectivity index (χ3n) is 5.37. The van der Waals surface area contributed by atoms with Crippen LogP contribution in [0.15, 0.2) is 73.1 Å². The number of carbonyl (C=O) groups excluding carboxylic acids is 1. The molecule has 0 spiro atoms. The molecule has 0 radical (unpaired) electrons. The summed E-state index contributed by atoms with van der Waals surface area (Å²) < 4.78 is 60.5. The van der Waals surface area contributed by atoms with Crippen LogP contribution in [0.4, 0.5) is 17.6 Å². The van der Waals surface area contributed by atoms with Crippen molar-refractivity contribution in [2.24, 2.45) is 0 Å². The lowest BCUT2D eigenvalue weighted by Gasteiger charge is -2.21. The molecule has 8 heteroatoms. The van der Waals surface area contributed by atoms with E-state index in [2.05, 4.69) is 9.97 Å². The Labute approximate surface area is 186 Å². The van der Waals surface area contributed by atoms with Crippen LogP contribution in [0.3, 0.4) is 0 Å². The number of ether oxygens (including phenoxy) is 1. The molecule has 0 aliphatic rings. The van der Waals surface area contributed by atoms with Gasteiger partial charge in [0.15, 0.2) is 17.3 Å². The van der Waals surface area contributed by atoms with E-state index in [9.17, 15) is 22.4 Å². The highest BCUT2D eigenvalue weighted by Crippen LogP contribution is 2.39. The Balaban J connectivity index is 1.79. The molecule has 0 aliphatic carbocycles. The van der Waals surface area contributed by atoms with Gasteiger partial charge in [-0.05, 0) is 42.0 Å². The van der Waals surface area contributed by atoms with Crippen LogP contribution in [-0.4, -0.2) is 22.9 Å². The minimum Gasteiger partial charge on any atom is -0.494 e. The summed E-state index contributed by atoms with van der Waals surface area (Å²) in [6.07, 6.45) is -2.22. The van der Waals surface area contributed by atoms with Gasteiger partial charge in [0.1, 0.15) is 0 Å². The highest BCUT2D eigenvalue weighted by molar-refractivity contribution is 5.99. The second-order valence-electron chi connectivity index (χ2n) is 7.42. The SMILES string of the molecule is COc1ccc([C@H](CC(=O)c2ccc3cccnc3c2)c2ncccc2C(F)(F)F)cc1F. The molecule has 0 aliphatic heterocycles. The predicted octanol–water partition coefficient (Wildman–Crippen LogP) is 6.20. The first-order valence-corrected chi connectivity index (χ1v) is 10.0. The lowest BCUT2D eigenvalue weighted by molar-refractivity contribution is -0.138. The number of halogens is 4. The van der Waals surface area contributed by atoms with Gasteiger partial charge in [-0.3, -0.25) is 14.8 Å². The molecule has 2 aromatic carbocycles. The highest BCUT2D eigenvalue weighted by atomic mass is 19.4. The van der Waals surface area contributed by atoms with Crippen LogP contribution < -0.4 is 4.74 Å². The summed E-state index contributed by atoms with van der Waals surface area (Å²) in [6, 6.07) is 14.4. The number of methoxy groups -OCH3 is 1. The van der Waals surface area contributed by atoms with Gasteiger partial charge in [0.25, 0.3) is 0 Å². The fraction of sp³-hybridized carbons (Fsp3) is 0.160. The van der Waals surface area contributed by atoms with Gasteiger partial charge in [-0.1, -0.05) is 24.3 Å². The molecular formula is C25H18F4N2O2. The molecule has 1 atom stereocenters. The van der Waals surface area contributed by atoms with Gasteiger partial charge in [0.05, 0.1) is 23.9 Å². The van der Waals surface area contributed by atoms with Crippen molar-refractivity contribution in [2.45, 2.75) is 18.5 Å². The maximum Gasteiger partial charge on any atom is 0.418 e. The summed E-state index contributed by atoms with van der Waals surface area (Å²) in [4.78, 5) is 21.3. The average Bonchev–Trinajstić information content (AvgIpc) is 2.81. The zero-order valence-corrected chi connectivity index (χ0v) is 17.4. The maximum atomic E-state index is 14.4. The van der Waals surface area contributed by atoms with Gasteiger partial charge < -0.3 is 4.74 Å². The normalized spacial score (nSPS) is 12.5. The van der Waals surface area contributed by atoms with Crippen molar-refractivity contribution >= 4 is 16.7 Å². The molecule has 0 saturated heterocycles. The molecule has 168 valence electrons. The Morgan fingerprint density at radius 3 is 2.48 bits per heavy atom. The average molecular weight is 454 g/mol. The van der Waals surface area contributed by atoms with Crippen LogP contribution in [0.25, 0.3) is 10.9 Å². The first-order chi connectivity index (χ1) is 15.8. The van der Waals surface area contributed by atoms with Gasteiger partial charge in [0.2, 0.25) is 0 Å². The zero-order chi connectivity index (χ0) is 23.6. The van der Waals surface area contributed by atoms with Gasteiger partial charge in [-0.15, -0.1) is 0 Å². The summed E-state index contributed by atoms with van der Waals surface area (Å²) in [5.41, 5.74) is -0.250. The summed E-state index contributed by atoms with van der Waals surface area (Å²) in [7, 11) is 1.29. The van der Waals surface area contributed by atoms with Crippen molar-refractivity contribution in [3.05, 3.63) is 101 Å². The molecule has 0 amide bonds. The molecule has 4 rings (SSSR count). The number of alkyl halides is 3. The molecule has 0 fully saturated rings. The van der Waals surface area contributed by atoms with E-state index in [1.54, 1.807) is 30.5 Å². The second-order valence-corrected chi connectivity index (χ2v) is 7.42. The standard InChI is InChI=1S/C25H18F4N2O2/c1-33-23-9-8-16(12-20(23)26)18(24-19(25(27,28)29)5-3-11-31-24)14-22(32)17-7-6-15-4-2-10-30-21(15)13-17/h2-13,18H,14H2,1H3/t18-/m0/s1. The minimum atomic E-state index is -4.69. The molecule has 0 saturated carbocycles. The van der Waals surface area contributed by atoms with Crippen LogP contribution in [0, 0.1) is 5.82 Å². The Morgan fingerprint density at radius 1 is 1.00 bits per heavy atom. The monoisotopic (exact) mass is 454 g/mol. The van der Waals surface area contributed by atoms with Crippen molar-refractivity contribution in [1.29, 1.82) is 0 Å². The van der Waals surface area contributed by atoms with Gasteiger partial charge in [-0.25, -0.2) is 4.39 Å². The van der Waals surface area contributed by atoms with Crippen molar-refractivity contribution in [2.75, 3.05) is 7.11 Å². The molecule has 0 bridgehead atoms. The Morgan fingerprint density at radius 2 is 1.76 bits per heavy atom. The molecule has 4 nitrogen and oxygen atoms in total. The van der Waals surface area contributed by atoms with E-state index in [0.717, 1.165) is 17.5 Å². The van der Waals surface area contributed by atoms with Crippen LogP contribution in [0.2, 0.25) is 0 Å². The number of carbonyl (C=O) groups is 1. The summed E-state index contributed by atoms with van der Waals surface area (Å²) in [6.45, 7) is 0. The number of ketones is 1. The molecular weight excluding hydrogens is 436 g/mol. The van der Waals surface area contributed by atoms with Crippen LogP contribution in [-0.2, 0) is 6.18 Å². The van der Waals surface area contributed by atoms with Gasteiger partial charge >= 0.3 is 6.18 Å². The fourth-order valence-corrected chi connectivity index (χ4v) is 3.75. The minimum absolute atomic E-state index is 0.0542. The number of nitrogens with zero attached hydrogens (tertiary/aromatic N) is 2. The third kappa shape index (κ3) is 4.69. The Bertz CT molecular complexity index is 1320. The molecule has 2 heterocycles. The van der Waals surface area contributed by atoms with Gasteiger partial charge in [-0.2, -0.15) is 13.2 Å². The molecule has 2 aromatic heterocycles. The quantitative estimate of drug-likeness (QED) is 0.257. The highest BCUT2D eigenvalue weighted by Gasteiger charge is 2.37. The zero-order valence-electron chi connectivity index (χ0n) is 17.4. The van der Waals surface area contributed by atoms with Crippen LogP contribution in [0.5, 0.6) is 5.75 Å². The third-order valence-corrected chi connectivity index (χ3v) is 5.37. The summed E-state index contributed by atoms with van der Waals surface area (Å²) >= 11 is 0. The number of aromatic nitrogens is 2. The lowest BCUT2D eigenvalue weighted by Crippen LogP contribution is -2.17. The van der Waals surface area contributed by atoms with Crippen LogP contribution in [0.1, 0.15) is 39.5 Å². The van der Waals surface area contributed by atoms with Gasteiger partial charge in [0, 0.05) is 35.7 Å². The number of fused-ring (bicyclic) bond motifs is 1. The van der Waals surface area contributed by atoms with E-state index in [4.69, 9.17) is 4.74 Å². The van der Waals surface area contributed by atoms with Crippen molar-refractivity contribution < 1.29 is 27.1 Å². The smallest absolute Gasteiger partial charge is 0.418 e. The number of pyridine rings is 2. The summed E-state index contributed by atoms with van der Waals surface area (Å²) in [5.74, 6) is -2.34. The Hall–Kier alpha value is -3.81. The first kappa shape index (κ1) is 22.4. The largest absolute Gasteiger partial charge is 0.494 e.